The van der Waals surface area contributed by atoms with Gasteiger partial charge in [0.1, 0.15) is 5.65 Å². The van der Waals surface area contributed by atoms with E-state index < -0.39 is 0 Å². The fraction of sp³-hybridized carbons (Fsp3) is 0.200. The molecule has 27 heavy (non-hydrogen) atoms. The van der Waals surface area contributed by atoms with Crippen LogP contribution in [0.25, 0.3) is 17.1 Å². The van der Waals surface area contributed by atoms with Gasteiger partial charge in [-0.25, -0.2) is 4.98 Å². The number of amides is 1. The molecule has 1 aromatic carbocycles. The molecule has 2 heterocycles. The number of carbonyl (C=O) groups excluding carboxylic acids is 1. The molecule has 0 saturated heterocycles. The average Bonchev–Trinajstić information content (AvgIpc) is 3.07. The molecule has 2 N–H and O–H groups in total. The first-order valence-corrected chi connectivity index (χ1v) is 9.14. The molecule has 0 bridgehead atoms. The highest BCUT2D eigenvalue weighted by Crippen LogP contribution is 2.30. The van der Waals surface area contributed by atoms with E-state index in [-0.39, 0.29) is 11.9 Å². The molecule has 3 rings (SSSR count). The number of hydrogen-bond acceptors (Lipinski definition) is 4. The highest BCUT2D eigenvalue weighted by molar-refractivity contribution is 9.10. The van der Waals surface area contributed by atoms with Crippen LogP contribution in [0.1, 0.15) is 24.1 Å². The predicted octanol–water partition coefficient (Wildman–Crippen LogP) is 4.23. The normalized spacial score (nSPS) is 12.3. The predicted molar refractivity (Wildman–Crippen MR) is 109 cm³/mol. The molecular formula is C20H20BrN3O3. The van der Waals surface area contributed by atoms with Gasteiger partial charge in [0.2, 0.25) is 5.91 Å². The van der Waals surface area contributed by atoms with Gasteiger partial charge >= 0.3 is 0 Å². The van der Waals surface area contributed by atoms with Gasteiger partial charge in [0.05, 0.1) is 20.3 Å². The number of methoxy groups -OCH3 is 2. The van der Waals surface area contributed by atoms with Gasteiger partial charge in [-0.1, -0.05) is 6.07 Å². The van der Waals surface area contributed by atoms with Crippen molar-refractivity contribution >= 4 is 38.9 Å². The van der Waals surface area contributed by atoms with Crippen LogP contribution in [0.3, 0.4) is 0 Å². The second-order valence-corrected chi connectivity index (χ2v) is 6.89. The van der Waals surface area contributed by atoms with Gasteiger partial charge in [0.15, 0.2) is 11.5 Å². The largest absolute Gasteiger partial charge is 0.493 e. The molecule has 0 aliphatic rings. The van der Waals surface area contributed by atoms with Gasteiger partial charge in [-0.15, -0.1) is 0 Å². The van der Waals surface area contributed by atoms with Crippen molar-refractivity contribution in [3.8, 4) is 11.5 Å². The van der Waals surface area contributed by atoms with Crippen molar-refractivity contribution in [1.29, 1.82) is 0 Å². The van der Waals surface area contributed by atoms with Gasteiger partial charge in [-0.3, -0.25) is 4.79 Å². The highest BCUT2D eigenvalue weighted by atomic mass is 79.9. The minimum atomic E-state index is -0.186. The standard InChI is InChI=1S/C20H20BrN3O3/c1-12(13-4-6-17(26-2)18(8-13)27-3)24-19(25)7-5-14-10-22-20-16(14)9-15(21)11-23-20/h4-12H,1-3H3,(H,22,23)(H,24,25)/b7-5+/t12-/m1/s1. The maximum atomic E-state index is 12.3. The van der Waals surface area contributed by atoms with Crippen LogP contribution in [-0.2, 0) is 4.79 Å². The molecule has 1 atom stereocenters. The van der Waals surface area contributed by atoms with Crippen molar-refractivity contribution in [3.05, 3.63) is 58.3 Å². The summed E-state index contributed by atoms with van der Waals surface area (Å²) in [6.45, 7) is 1.92. The van der Waals surface area contributed by atoms with Gasteiger partial charge < -0.3 is 19.8 Å². The number of nitrogens with one attached hydrogen (secondary N) is 2. The summed E-state index contributed by atoms with van der Waals surface area (Å²) in [5, 5.41) is 3.90. The topological polar surface area (TPSA) is 76.2 Å². The van der Waals surface area contributed by atoms with E-state index in [1.165, 1.54) is 6.08 Å². The molecule has 6 nitrogen and oxygen atoms in total. The third-order valence-electron chi connectivity index (χ3n) is 4.21. The first-order valence-electron chi connectivity index (χ1n) is 8.35. The van der Waals surface area contributed by atoms with Crippen LogP contribution in [0.15, 0.2) is 47.2 Å². The first kappa shape index (κ1) is 19.0. The zero-order valence-corrected chi connectivity index (χ0v) is 16.8. The van der Waals surface area contributed by atoms with E-state index >= 15 is 0 Å². The molecule has 1 amide bonds. The van der Waals surface area contributed by atoms with Crippen molar-refractivity contribution in [1.82, 2.24) is 15.3 Å². The quantitative estimate of drug-likeness (QED) is 0.574. The highest BCUT2D eigenvalue weighted by Gasteiger charge is 2.12. The smallest absolute Gasteiger partial charge is 0.244 e. The third kappa shape index (κ3) is 4.31. The molecular weight excluding hydrogens is 410 g/mol. The van der Waals surface area contributed by atoms with Crippen LogP contribution in [0, 0.1) is 0 Å². The van der Waals surface area contributed by atoms with E-state index in [1.807, 2.05) is 37.4 Å². The van der Waals surface area contributed by atoms with Crippen molar-refractivity contribution < 1.29 is 14.3 Å². The summed E-state index contributed by atoms with van der Waals surface area (Å²) in [7, 11) is 3.17. The second-order valence-electron chi connectivity index (χ2n) is 5.97. The molecule has 0 radical (unpaired) electrons. The summed E-state index contributed by atoms with van der Waals surface area (Å²) in [4.78, 5) is 19.7. The molecule has 140 valence electrons. The van der Waals surface area contributed by atoms with Crippen LogP contribution in [0.2, 0.25) is 0 Å². The number of benzene rings is 1. The molecule has 0 aliphatic heterocycles. The maximum Gasteiger partial charge on any atom is 0.244 e. The molecule has 2 aromatic heterocycles. The van der Waals surface area contributed by atoms with E-state index in [0.717, 1.165) is 26.6 Å². The number of halogens is 1. The van der Waals surface area contributed by atoms with E-state index in [2.05, 4.69) is 31.2 Å². The first-order chi connectivity index (χ1) is 13.0. The zero-order valence-electron chi connectivity index (χ0n) is 15.2. The van der Waals surface area contributed by atoms with Crippen LogP contribution in [0.4, 0.5) is 0 Å². The lowest BCUT2D eigenvalue weighted by Crippen LogP contribution is -2.24. The minimum Gasteiger partial charge on any atom is -0.493 e. The number of nitrogens with zero attached hydrogens (tertiary/aromatic N) is 1. The zero-order chi connectivity index (χ0) is 19.4. The number of aromatic amines is 1. The number of ether oxygens (including phenoxy) is 2. The summed E-state index contributed by atoms with van der Waals surface area (Å²) >= 11 is 3.41. The molecule has 7 heteroatoms. The molecule has 0 aliphatic carbocycles. The Balaban J connectivity index is 1.71. The fourth-order valence-electron chi connectivity index (χ4n) is 2.77. The van der Waals surface area contributed by atoms with Crippen molar-refractivity contribution in [2.45, 2.75) is 13.0 Å². The Kier molecular flexibility index (Phi) is 5.81. The van der Waals surface area contributed by atoms with Gasteiger partial charge in [-0.05, 0) is 52.7 Å². The van der Waals surface area contributed by atoms with Crippen LogP contribution in [-0.4, -0.2) is 30.1 Å². The van der Waals surface area contributed by atoms with E-state index in [4.69, 9.17) is 9.47 Å². The Bertz CT molecular complexity index is 997. The maximum absolute atomic E-state index is 12.3. The number of rotatable bonds is 6. The lowest BCUT2D eigenvalue weighted by Gasteiger charge is -2.15. The number of carbonyl (C=O) groups is 1. The molecule has 3 aromatic rings. The lowest BCUT2D eigenvalue weighted by molar-refractivity contribution is -0.117. The number of pyridine rings is 1. The van der Waals surface area contributed by atoms with Crippen molar-refractivity contribution in [2.75, 3.05) is 14.2 Å². The molecule has 0 fully saturated rings. The van der Waals surface area contributed by atoms with Gasteiger partial charge in [0, 0.05) is 33.9 Å². The molecule has 0 unspecified atom stereocenters. The lowest BCUT2D eigenvalue weighted by atomic mass is 10.1. The Morgan fingerprint density at radius 3 is 2.78 bits per heavy atom. The van der Waals surface area contributed by atoms with E-state index in [1.54, 1.807) is 26.5 Å². The van der Waals surface area contributed by atoms with Gasteiger partial charge in [0.25, 0.3) is 0 Å². The minimum absolute atomic E-state index is 0.180. The van der Waals surface area contributed by atoms with Crippen molar-refractivity contribution in [3.63, 3.8) is 0 Å². The summed E-state index contributed by atoms with van der Waals surface area (Å²) in [6, 6.07) is 7.36. The number of aromatic nitrogens is 2. The SMILES string of the molecule is COc1ccc([C@@H](C)NC(=O)/C=C/c2c[nH]c3ncc(Br)cc23)cc1OC. The van der Waals surface area contributed by atoms with Crippen LogP contribution >= 0.6 is 15.9 Å². The Morgan fingerprint density at radius 2 is 2.04 bits per heavy atom. The van der Waals surface area contributed by atoms with Gasteiger partial charge in [-0.2, -0.15) is 0 Å². The summed E-state index contributed by atoms with van der Waals surface area (Å²) in [6.07, 6.45) is 6.83. The molecule has 0 saturated carbocycles. The summed E-state index contributed by atoms with van der Waals surface area (Å²) in [5.74, 6) is 1.09. The summed E-state index contributed by atoms with van der Waals surface area (Å²) in [5.41, 5.74) is 2.60. The number of H-pyrrole nitrogens is 1. The Labute approximate surface area is 165 Å². The molecule has 0 spiro atoms. The van der Waals surface area contributed by atoms with E-state index in [9.17, 15) is 4.79 Å². The number of hydrogen-bond donors (Lipinski definition) is 2. The Morgan fingerprint density at radius 1 is 1.26 bits per heavy atom. The van der Waals surface area contributed by atoms with E-state index in [0.29, 0.717) is 11.5 Å². The summed E-state index contributed by atoms with van der Waals surface area (Å²) < 4.78 is 11.4. The number of fused-ring (bicyclic) bond motifs is 1. The Hall–Kier alpha value is -2.80. The third-order valence-corrected chi connectivity index (χ3v) is 4.64. The second kappa shape index (κ2) is 8.26. The van der Waals surface area contributed by atoms with Crippen LogP contribution in [0.5, 0.6) is 11.5 Å². The van der Waals surface area contributed by atoms with Crippen molar-refractivity contribution in [2.24, 2.45) is 0 Å². The fourth-order valence-corrected chi connectivity index (χ4v) is 3.10. The average molecular weight is 430 g/mol. The monoisotopic (exact) mass is 429 g/mol. The van der Waals surface area contributed by atoms with Crippen LogP contribution < -0.4 is 14.8 Å².